The number of hydrogen-bond acceptors (Lipinski definition) is 3. The number of fused-ring (bicyclic) bond motifs is 1. The van der Waals surface area contributed by atoms with E-state index >= 15 is 0 Å². The number of hydrogen-bond donors (Lipinski definition) is 0. The van der Waals surface area contributed by atoms with Crippen molar-refractivity contribution in [1.29, 1.82) is 0 Å². The Morgan fingerprint density at radius 1 is 1.36 bits per heavy atom. The minimum atomic E-state index is 0.165. The van der Waals surface area contributed by atoms with Gasteiger partial charge in [-0.25, -0.2) is 4.98 Å². The van der Waals surface area contributed by atoms with Crippen LogP contribution in [0.4, 0.5) is 0 Å². The molecule has 2 unspecified atom stereocenters. The number of aliphatic imine (C=N–C) groups is 1. The lowest BCUT2D eigenvalue weighted by atomic mass is 9.87. The molecular weight excluding hydrogens is 334 g/mol. The van der Waals surface area contributed by atoms with Crippen LogP contribution in [0.3, 0.4) is 0 Å². The summed E-state index contributed by atoms with van der Waals surface area (Å²) in [5.41, 5.74) is 3.75. The SMILES string of the molecule is CC1CC2N=CC(C3CCCC3)=C2CN1C(=O)Cc1ccnc(Cl)c1. The van der Waals surface area contributed by atoms with Crippen LogP contribution in [0.5, 0.6) is 0 Å². The molecule has 2 fully saturated rings. The molecule has 0 spiro atoms. The first-order valence-electron chi connectivity index (χ1n) is 9.28. The van der Waals surface area contributed by atoms with Crippen molar-refractivity contribution in [3.8, 4) is 0 Å². The molecule has 4 rings (SSSR count). The molecule has 1 amide bonds. The molecule has 0 aromatic carbocycles. The van der Waals surface area contributed by atoms with Crippen LogP contribution in [0.15, 0.2) is 34.5 Å². The van der Waals surface area contributed by atoms with Gasteiger partial charge in [0, 0.05) is 25.0 Å². The van der Waals surface area contributed by atoms with Crippen molar-refractivity contribution in [2.75, 3.05) is 6.54 Å². The summed E-state index contributed by atoms with van der Waals surface area (Å²) in [5, 5.41) is 0.437. The van der Waals surface area contributed by atoms with Gasteiger partial charge in [0.25, 0.3) is 0 Å². The highest BCUT2D eigenvalue weighted by molar-refractivity contribution is 6.29. The normalized spacial score (nSPS) is 26.4. The molecule has 0 bridgehead atoms. The summed E-state index contributed by atoms with van der Waals surface area (Å²) in [4.78, 5) is 23.7. The fraction of sp³-hybridized carbons (Fsp3) is 0.550. The molecule has 2 atom stereocenters. The average molecular weight is 358 g/mol. The second-order valence-corrected chi connectivity index (χ2v) is 7.91. The third-order valence-corrected chi connectivity index (χ3v) is 6.07. The van der Waals surface area contributed by atoms with Crippen LogP contribution in [-0.4, -0.2) is 40.6 Å². The van der Waals surface area contributed by atoms with Crippen LogP contribution >= 0.6 is 11.6 Å². The maximum atomic E-state index is 12.9. The van der Waals surface area contributed by atoms with Gasteiger partial charge >= 0.3 is 0 Å². The first kappa shape index (κ1) is 16.8. The Bertz CT molecular complexity index is 736. The average Bonchev–Trinajstić information content (AvgIpc) is 3.22. The molecule has 25 heavy (non-hydrogen) atoms. The maximum absolute atomic E-state index is 12.9. The summed E-state index contributed by atoms with van der Waals surface area (Å²) in [6, 6.07) is 4.16. The molecule has 0 N–H and O–H groups in total. The molecule has 4 nitrogen and oxygen atoms in total. The maximum Gasteiger partial charge on any atom is 0.227 e. The van der Waals surface area contributed by atoms with E-state index in [4.69, 9.17) is 16.6 Å². The molecular formula is C20H24ClN3O. The number of amides is 1. The van der Waals surface area contributed by atoms with Crippen molar-refractivity contribution in [2.24, 2.45) is 10.9 Å². The number of likely N-dealkylation sites (tertiary alicyclic amines) is 1. The van der Waals surface area contributed by atoms with E-state index in [1.165, 1.54) is 36.8 Å². The zero-order chi connectivity index (χ0) is 17.4. The minimum absolute atomic E-state index is 0.165. The third kappa shape index (κ3) is 3.37. The smallest absolute Gasteiger partial charge is 0.227 e. The largest absolute Gasteiger partial charge is 0.336 e. The minimum Gasteiger partial charge on any atom is -0.336 e. The Balaban J connectivity index is 1.52. The van der Waals surface area contributed by atoms with E-state index in [0.717, 1.165) is 18.5 Å². The Labute approximate surface area is 154 Å². The number of allylic oxidation sites excluding steroid dienone is 1. The number of carbonyl (C=O) groups excluding carboxylic acids is 1. The van der Waals surface area contributed by atoms with Gasteiger partial charge in [-0.15, -0.1) is 0 Å². The first-order chi connectivity index (χ1) is 12.1. The summed E-state index contributed by atoms with van der Waals surface area (Å²) in [6.45, 7) is 2.87. The molecule has 3 aliphatic rings. The van der Waals surface area contributed by atoms with E-state index < -0.39 is 0 Å². The van der Waals surface area contributed by atoms with Crippen LogP contribution in [0.1, 0.15) is 44.6 Å². The predicted octanol–water partition coefficient (Wildman–Crippen LogP) is 3.84. The first-order valence-corrected chi connectivity index (χ1v) is 9.65. The summed E-state index contributed by atoms with van der Waals surface area (Å²) >= 11 is 5.95. The van der Waals surface area contributed by atoms with Crippen molar-refractivity contribution in [1.82, 2.24) is 9.88 Å². The molecule has 5 heteroatoms. The Kier molecular flexibility index (Phi) is 4.63. The molecule has 132 valence electrons. The summed E-state index contributed by atoms with van der Waals surface area (Å²) in [7, 11) is 0. The van der Waals surface area contributed by atoms with Gasteiger partial charge in [0.05, 0.1) is 12.5 Å². The quantitative estimate of drug-likeness (QED) is 0.771. The lowest BCUT2D eigenvalue weighted by molar-refractivity contribution is -0.132. The van der Waals surface area contributed by atoms with Crippen LogP contribution in [0.25, 0.3) is 0 Å². The number of halogens is 1. The fourth-order valence-electron chi connectivity index (χ4n) is 4.49. The number of pyridine rings is 1. The van der Waals surface area contributed by atoms with E-state index in [2.05, 4.69) is 18.1 Å². The van der Waals surface area contributed by atoms with Gasteiger partial charge in [0.2, 0.25) is 5.91 Å². The molecule has 1 saturated heterocycles. The van der Waals surface area contributed by atoms with E-state index in [9.17, 15) is 4.79 Å². The standard InChI is InChI=1S/C20H24ClN3O/c1-13-8-18-17(16(11-23-18)15-4-2-3-5-15)12-24(13)20(25)10-14-6-7-22-19(21)9-14/h6-7,9,11,13,15,18H,2-5,8,10,12H2,1H3. The van der Waals surface area contributed by atoms with Gasteiger partial charge in [0.1, 0.15) is 5.15 Å². The topological polar surface area (TPSA) is 45.6 Å². The monoisotopic (exact) mass is 357 g/mol. The fourth-order valence-corrected chi connectivity index (χ4v) is 4.69. The van der Waals surface area contributed by atoms with E-state index in [0.29, 0.717) is 23.5 Å². The molecule has 3 heterocycles. The van der Waals surface area contributed by atoms with Crippen LogP contribution in [0.2, 0.25) is 5.15 Å². The second kappa shape index (κ2) is 6.91. The van der Waals surface area contributed by atoms with Crippen LogP contribution in [0, 0.1) is 5.92 Å². The Morgan fingerprint density at radius 3 is 2.92 bits per heavy atom. The highest BCUT2D eigenvalue weighted by Crippen LogP contribution is 2.38. The Morgan fingerprint density at radius 2 is 2.16 bits per heavy atom. The summed E-state index contributed by atoms with van der Waals surface area (Å²) < 4.78 is 0. The van der Waals surface area contributed by atoms with Gasteiger partial charge < -0.3 is 4.90 Å². The van der Waals surface area contributed by atoms with Gasteiger partial charge in [-0.2, -0.15) is 0 Å². The van der Waals surface area contributed by atoms with Crippen LogP contribution in [-0.2, 0) is 11.2 Å². The van der Waals surface area contributed by atoms with E-state index in [-0.39, 0.29) is 11.9 Å². The van der Waals surface area contributed by atoms with E-state index in [1.807, 2.05) is 11.0 Å². The van der Waals surface area contributed by atoms with Gasteiger partial charge in [-0.05, 0) is 60.9 Å². The Hall–Kier alpha value is -1.68. The van der Waals surface area contributed by atoms with Gasteiger partial charge in [-0.3, -0.25) is 9.79 Å². The number of nitrogens with zero attached hydrogens (tertiary/aromatic N) is 3. The van der Waals surface area contributed by atoms with Gasteiger partial charge in [0.15, 0.2) is 0 Å². The van der Waals surface area contributed by atoms with Crippen molar-refractivity contribution in [2.45, 2.75) is 57.5 Å². The number of aromatic nitrogens is 1. The van der Waals surface area contributed by atoms with Crippen LogP contribution < -0.4 is 0 Å². The van der Waals surface area contributed by atoms with E-state index in [1.54, 1.807) is 12.3 Å². The van der Waals surface area contributed by atoms with Gasteiger partial charge in [-0.1, -0.05) is 24.4 Å². The lowest BCUT2D eigenvalue weighted by Gasteiger charge is -2.38. The highest BCUT2D eigenvalue weighted by atomic mass is 35.5. The second-order valence-electron chi connectivity index (χ2n) is 7.53. The predicted molar refractivity (Wildman–Crippen MR) is 100 cm³/mol. The summed E-state index contributed by atoms with van der Waals surface area (Å²) in [6.07, 6.45) is 10.3. The van der Waals surface area contributed by atoms with Crippen molar-refractivity contribution < 1.29 is 4.79 Å². The number of rotatable bonds is 3. The number of carbonyl (C=O) groups is 1. The lowest BCUT2D eigenvalue weighted by Crippen LogP contribution is -2.47. The van der Waals surface area contributed by atoms with Crippen molar-refractivity contribution in [3.63, 3.8) is 0 Å². The number of piperidine rings is 1. The molecule has 2 aliphatic heterocycles. The van der Waals surface area contributed by atoms with Crippen molar-refractivity contribution in [3.05, 3.63) is 40.2 Å². The summed E-state index contributed by atoms with van der Waals surface area (Å²) in [5.74, 6) is 0.825. The molecule has 1 aromatic rings. The molecule has 1 aromatic heterocycles. The van der Waals surface area contributed by atoms with Crippen molar-refractivity contribution >= 4 is 23.7 Å². The third-order valence-electron chi connectivity index (χ3n) is 5.87. The highest BCUT2D eigenvalue weighted by Gasteiger charge is 2.37. The zero-order valence-electron chi connectivity index (χ0n) is 14.6. The zero-order valence-corrected chi connectivity index (χ0v) is 15.4. The molecule has 1 saturated carbocycles. The molecule has 0 radical (unpaired) electrons. The molecule has 1 aliphatic carbocycles.